The Labute approximate surface area is 95.0 Å². The van der Waals surface area contributed by atoms with Crippen LogP contribution < -0.4 is 5.09 Å². The van der Waals surface area contributed by atoms with Crippen LogP contribution in [0.5, 0.6) is 0 Å². The number of nitrogens with one attached hydrogen (secondary N) is 1. The van der Waals surface area contributed by atoms with Crippen LogP contribution in [-0.4, -0.2) is 12.3 Å². The zero-order valence-electron chi connectivity index (χ0n) is 9.19. The molecule has 1 aromatic carbocycles. The lowest BCUT2D eigenvalue weighted by atomic mass is 10.1. The summed E-state index contributed by atoms with van der Waals surface area (Å²) in [5, 5.41) is 3.16. The number of halogens is 1. The first-order valence-electron chi connectivity index (χ1n) is 5.35. The van der Waals surface area contributed by atoms with E-state index in [0.29, 0.717) is 12.3 Å². The van der Waals surface area contributed by atoms with Crippen LogP contribution in [-0.2, 0) is 4.57 Å². The number of hydrogen-bond acceptors (Lipinski definition) is 1. The van der Waals surface area contributed by atoms with Gasteiger partial charge in [-0.1, -0.05) is 24.3 Å². The highest BCUT2D eigenvalue weighted by Gasteiger charge is 2.25. The molecule has 86 valence electrons. The lowest BCUT2D eigenvalue weighted by Gasteiger charge is -2.20. The molecule has 2 nitrogen and oxygen atoms in total. The highest BCUT2D eigenvalue weighted by molar-refractivity contribution is 7.62. The fourth-order valence-corrected chi connectivity index (χ4v) is 4.04. The summed E-state index contributed by atoms with van der Waals surface area (Å²) in [5.74, 6) is -0.245. The summed E-state index contributed by atoms with van der Waals surface area (Å²) >= 11 is 0. The third-order valence-corrected chi connectivity index (χ3v) is 5.23. The van der Waals surface area contributed by atoms with Gasteiger partial charge in [0.05, 0.1) is 0 Å². The third-order valence-electron chi connectivity index (χ3n) is 2.77. The van der Waals surface area contributed by atoms with Gasteiger partial charge in [-0.15, -0.1) is 0 Å². The maximum absolute atomic E-state index is 12.7. The van der Waals surface area contributed by atoms with Crippen LogP contribution in [0.4, 0.5) is 4.39 Å². The topological polar surface area (TPSA) is 29.1 Å². The van der Waals surface area contributed by atoms with E-state index in [9.17, 15) is 8.96 Å². The van der Waals surface area contributed by atoms with Crippen molar-refractivity contribution in [2.75, 3.05) is 12.3 Å². The average molecular weight is 239 g/mol. The van der Waals surface area contributed by atoms with E-state index in [1.807, 2.05) is 19.1 Å². The Bertz CT molecular complexity index is 429. The maximum atomic E-state index is 12.7. The van der Waals surface area contributed by atoms with Gasteiger partial charge in [-0.25, -0.2) is 4.39 Å². The summed E-state index contributed by atoms with van der Waals surface area (Å²) in [5.41, 5.74) is 0.962. The quantitative estimate of drug-likeness (QED) is 0.647. The van der Waals surface area contributed by atoms with Crippen molar-refractivity contribution in [3.8, 4) is 0 Å². The molecule has 16 heavy (non-hydrogen) atoms. The van der Waals surface area contributed by atoms with Crippen LogP contribution in [0.2, 0.25) is 0 Å². The second-order valence-electron chi connectivity index (χ2n) is 4.13. The van der Waals surface area contributed by atoms with Crippen LogP contribution in [0.3, 0.4) is 0 Å². The van der Waals surface area contributed by atoms with Gasteiger partial charge in [-0.3, -0.25) is 5.09 Å². The van der Waals surface area contributed by atoms with Crippen molar-refractivity contribution in [1.82, 2.24) is 5.09 Å². The minimum absolute atomic E-state index is 0.00802. The summed E-state index contributed by atoms with van der Waals surface area (Å²) in [7, 11) is -2.26. The molecule has 1 heterocycles. The second-order valence-corrected chi connectivity index (χ2v) is 6.90. The molecule has 1 aromatic rings. The fourth-order valence-electron chi connectivity index (χ4n) is 1.85. The van der Waals surface area contributed by atoms with Gasteiger partial charge in [0.1, 0.15) is 5.82 Å². The smallest absolute Gasteiger partial charge is 0.155 e. The van der Waals surface area contributed by atoms with Crippen molar-refractivity contribution < 1.29 is 8.96 Å². The number of hydrogen-bond donors (Lipinski definition) is 1. The molecule has 0 aliphatic carbocycles. The van der Waals surface area contributed by atoms with Crippen molar-refractivity contribution >= 4 is 7.29 Å². The summed E-state index contributed by atoms with van der Waals surface area (Å²) in [6.07, 6.45) is 5.15. The summed E-state index contributed by atoms with van der Waals surface area (Å²) in [4.78, 5) is 0. The first-order valence-corrected chi connectivity index (χ1v) is 7.43. The zero-order chi connectivity index (χ0) is 11.6. The van der Waals surface area contributed by atoms with Gasteiger partial charge in [-0.05, 0) is 24.6 Å². The molecule has 0 aromatic heterocycles. The van der Waals surface area contributed by atoms with Gasteiger partial charge in [0.15, 0.2) is 7.29 Å². The van der Waals surface area contributed by atoms with Crippen molar-refractivity contribution in [1.29, 1.82) is 0 Å². The number of allylic oxidation sites excluding steroid dienone is 2. The maximum Gasteiger partial charge on any atom is 0.155 e. The molecule has 4 heteroatoms. The molecule has 0 bridgehead atoms. The van der Waals surface area contributed by atoms with Gasteiger partial charge in [-0.2, -0.15) is 0 Å². The van der Waals surface area contributed by atoms with E-state index in [2.05, 4.69) is 5.09 Å². The molecule has 0 radical (unpaired) electrons. The van der Waals surface area contributed by atoms with E-state index in [1.54, 1.807) is 12.1 Å². The molecule has 0 fully saturated rings. The fraction of sp³-hybridized carbons (Fsp3) is 0.333. The molecule has 2 rings (SSSR count). The molecule has 1 aliphatic rings. The minimum Gasteiger partial charge on any atom is -0.306 e. The normalized spacial score (nSPS) is 19.9. The molecule has 0 amide bonds. The molecule has 1 aliphatic heterocycles. The van der Waals surface area contributed by atoms with Crippen LogP contribution >= 0.6 is 7.29 Å². The lowest BCUT2D eigenvalue weighted by molar-refractivity contribution is 0.559. The predicted molar refractivity (Wildman–Crippen MR) is 64.4 cm³/mol. The SMILES string of the molecule is CC(NP1(=O)CC=CC1)c1ccc(F)cc1. The molecule has 1 atom stereocenters. The Morgan fingerprint density at radius 2 is 1.81 bits per heavy atom. The molecule has 0 spiro atoms. The van der Waals surface area contributed by atoms with E-state index < -0.39 is 7.29 Å². The number of rotatable bonds is 3. The van der Waals surface area contributed by atoms with Crippen LogP contribution in [0.15, 0.2) is 36.4 Å². The molecular weight excluding hydrogens is 224 g/mol. The Balaban J connectivity index is 2.05. The van der Waals surface area contributed by atoms with Gasteiger partial charge in [0, 0.05) is 18.4 Å². The Hall–Kier alpha value is -0.920. The summed E-state index contributed by atoms with van der Waals surface area (Å²) in [6.45, 7) is 1.95. The Morgan fingerprint density at radius 1 is 1.25 bits per heavy atom. The lowest BCUT2D eigenvalue weighted by Crippen LogP contribution is -2.16. The van der Waals surface area contributed by atoms with Crippen molar-refractivity contribution in [2.24, 2.45) is 0 Å². The predicted octanol–water partition coefficient (Wildman–Crippen LogP) is 3.32. The number of benzene rings is 1. The Morgan fingerprint density at radius 3 is 2.38 bits per heavy atom. The van der Waals surface area contributed by atoms with E-state index >= 15 is 0 Å². The van der Waals surface area contributed by atoms with Crippen molar-refractivity contribution in [3.05, 3.63) is 47.8 Å². The van der Waals surface area contributed by atoms with Crippen molar-refractivity contribution in [3.63, 3.8) is 0 Å². The van der Waals surface area contributed by atoms with Gasteiger partial charge in [0.25, 0.3) is 0 Å². The molecule has 0 saturated carbocycles. The molecule has 0 saturated heterocycles. The van der Waals surface area contributed by atoms with E-state index in [0.717, 1.165) is 5.56 Å². The van der Waals surface area contributed by atoms with E-state index in [4.69, 9.17) is 0 Å². The highest BCUT2D eigenvalue weighted by Crippen LogP contribution is 2.46. The van der Waals surface area contributed by atoms with Crippen LogP contribution in [0.25, 0.3) is 0 Å². The summed E-state index contributed by atoms with van der Waals surface area (Å²) < 4.78 is 25.0. The first kappa shape index (κ1) is 11.6. The average Bonchev–Trinajstić information content (AvgIpc) is 2.65. The molecule has 1 N–H and O–H groups in total. The second kappa shape index (κ2) is 4.52. The summed E-state index contributed by atoms with van der Waals surface area (Å²) in [6, 6.07) is 6.30. The van der Waals surface area contributed by atoms with Crippen LogP contribution in [0.1, 0.15) is 18.5 Å². The monoisotopic (exact) mass is 239 g/mol. The largest absolute Gasteiger partial charge is 0.306 e. The minimum atomic E-state index is -2.26. The Kier molecular flexibility index (Phi) is 3.27. The standard InChI is InChI=1S/C12H15FNOP/c1-10(11-4-6-12(13)7-5-11)14-16(15)8-2-3-9-16/h2-7,10H,8-9H2,1H3,(H,14,15). The molecular formula is C12H15FNOP. The molecule has 1 unspecified atom stereocenters. The van der Waals surface area contributed by atoms with Crippen LogP contribution in [0, 0.1) is 5.82 Å². The van der Waals surface area contributed by atoms with E-state index in [1.165, 1.54) is 12.1 Å². The van der Waals surface area contributed by atoms with Gasteiger partial charge < -0.3 is 4.57 Å². The van der Waals surface area contributed by atoms with Gasteiger partial charge >= 0.3 is 0 Å². The first-order chi connectivity index (χ1) is 7.59. The zero-order valence-corrected chi connectivity index (χ0v) is 10.1. The van der Waals surface area contributed by atoms with E-state index in [-0.39, 0.29) is 11.9 Å². The highest BCUT2D eigenvalue weighted by atomic mass is 31.2. The van der Waals surface area contributed by atoms with Crippen molar-refractivity contribution in [2.45, 2.75) is 13.0 Å². The van der Waals surface area contributed by atoms with Gasteiger partial charge in [0.2, 0.25) is 0 Å². The third kappa shape index (κ3) is 2.60.